The molecule has 1 unspecified atom stereocenters. The van der Waals surface area contributed by atoms with Crippen molar-refractivity contribution in [2.75, 3.05) is 25.4 Å². The van der Waals surface area contributed by atoms with Crippen LogP contribution < -0.4 is 10.5 Å². The van der Waals surface area contributed by atoms with E-state index in [0.29, 0.717) is 25.5 Å². The van der Waals surface area contributed by atoms with E-state index in [9.17, 15) is 4.79 Å². The van der Waals surface area contributed by atoms with Gasteiger partial charge in [-0.3, -0.25) is 4.79 Å². The highest BCUT2D eigenvalue weighted by molar-refractivity contribution is 5.78. The Morgan fingerprint density at radius 3 is 2.50 bits per heavy atom. The Balaban J connectivity index is 1.80. The monoisotopic (exact) mass is 276 g/mol. The third kappa shape index (κ3) is 3.65. The van der Waals surface area contributed by atoms with Crippen molar-refractivity contribution < 1.29 is 9.53 Å². The first-order valence-electron chi connectivity index (χ1n) is 7.12. The number of likely N-dealkylation sites (tertiary alicyclic amines) is 1. The van der Waals surface area contributed by atoms with Gasteiger partial charge in [0.1, 0.15) is 12.4 Å². The van der Waals surface area contributed by atoms with Gasteiger partial charge in [0, 0.05) is 18.7 Å². The summed E-state index contributed by atoms with van der Waals surface area (Å²) in [6.45, 7) is 8.59. The zero-order valence-electron chi connectivity index (χ0n) is 12.6. The largest absolute Gasteiger partial charge is 0.492 e. The van der Waals surface area contributed by atoms with Gasteiger partial charge >= 0.3 is 0 Å². The van der Waals surface area contributed by atoms with E-state index in [4.69, 9.17) is 10.5 Å². The van der Waals surface area contributed by atoms with E-state index < -0.39 is 0 Å². The van der Waals surface area contributed by atoms with Crippen LogP contribution in [0.1, 0.15) is 27.2 Å². The Hall–Kier alpha value is -1.71. The lowest BCUT2D eigenvalue weighted by atomic mass is 9.80. The summed E-state index contributed by atoms with van der Waals surface area (Å²) in [4.78, 5) is 13.9. The third-order valence-electron chi connectivity index (χ3n) is 3.95. The number of amides is 1. The molecule has 0 spiro atoms. The molecule has 20 heavy (non-hydrogen) atoms. The number of nitrogens with zero attached hydrogens (tertiary/aromatic N) is 1. The number of nitrogens with two attached hydrogens (primary N) is 1. The SMILES string of the molecule is CC(C)(C)C1CC(=O)N(CCOc2ccc(N)cc2)C1. The number of benzene rings is 1. The molecule has 4 nitrogen and oxygen atoms in total. The highest BCUT2D eigenvalue weighted by Gasteiger charge is 2.36. The van der Waals surface area contributed by atoms with Crippen molar-refractivity contribution in [1.29, 1.82) is 0 Å². The molecule has 1 heterocycles. The normalized spacial score (nSPS) is 19.4. The molecular formula is C16H24N2O2. The molecule has 1 amide bonds. The molecule has 1 aliphatic heterocycles. The second-order valence-corrected chi connectivity index (χ2v) is 6.52. The van der Waals surface area contributed by atoms with Crippen LogP contribution in [0.25, 0.3) is 0 Å². The molecule has 0 bridgehead atoms. The number of ether oxygens (including phenoxy) is 1. The summed E-state index contributed by atoms with van der Waals surface area (Å²) in [5.41, 5.74) is 6.53. The summed E-state index contributed by atoms with van der Waals surface area (Å²) in [7, 11) is 0. The first-order chi connectivity index (χ1) is 9.36. The second-order valence-electron chi connectivity index (χ2n) is 6.52. The van der Waals surface area contributed by atoms with E-state index in [1.807, 2.05) is 29.2 Å². The van der Waals surface area contributed by atoms with Crippen LogP contribution in [0.2, 0.25) is 0 Å². The van der Waals surface area contributed by atoms with E-state index >= 15 is 0 Å². The van der Waals surface area contributed by atoms with Crippen molar-refractivity contribution in [2.45, 2.75) is 27.2 Å². The molecular weight excluding hydrogens is 252 g/mol. The number of hydrogen-bond acceptors (Lipinski definition) is 3. The van der Waals surface area contributed by atoms with Crippen LogP contribution in [0.5, 0.6) is 5.75 Å². The van der Waals surface area contributed by atoms with Gasteiger partial charge in [0.05, 0.1) is 6.54 Å². The highest BCUT2D eigenvalue weighted by Crippen LogP contribution is 2.34. The third-order valence-corrected chi connectivity index (χ3v) is 3.95. The first-order valence-corrected chi connectivity index (χ1v) is 7.12. The summed E-state index contributed by atoms with van der Waals surface area (Å²) in [6, 6.07) is 7.32. The quantitative estimate of drug-likeness (QED) is 0.860. The molecule has 1 aromatic rings. The van der Waals surface area contributed by atoms with Crippen molar-refractivity contribution in [1.82, 2.24) is 4.90 Å². The minimum absolute atomic E-state index is 0.183. The van der Waals surface area contributed by atoms with Gasteiger partial charge in [0.15, 0.2) is 0 Å². The fourth-order valence-electron chi connectivity index (χ4n) is 2.41. The summed E-state index contributed by atoms with van der Waals surface area (Å²) in [5.74, 6) is 1.47. The molecule has 1 aromatic carbocycles. The molecule has 0 radical (unpaired) electrons. The highest BCUT2D eigenvalue weighted by atomic mass is 16.5. The van der Waals surface area contributed by atoms with Gasteiger partial charge in [-0.05, 0) is 35.6 Å². The molecule has 2 rings (SSSR count). The first kappa shape index (κ1) is 14.7. The van der Waals surface area contributed by atoms with Crippen molar-refractivity contribution in [3.8, 4) is 5.75 Å². The lowest BCUT2D eigenvalue weighted by Gasteiger charge is -2.26. The van der Waals surface area contributed by atoms with Gasteiger partial charge in [-0.15, -0.1) is 0 Å². The maximum atomic E-state index is 12.0. The predicted octanol–water partition coefficient (Wildman–Crippen LogP) is 2.54. The van der Waals surface area contributed by atoms with Gasteiger partial charge in [0.2, 0.25) is 5.91 Å². The van der Waals surface area contributed by atoms with Crippen LogP contribution in [0.15, 0.2) is 24.3 Å². The van der Waals surface area contributed by atoms with Crippen LogP contribution >= 0.6 is 0 Å². The topological polar surface area (TPSA) is 55.6 Å². The van der Waals surface area contributed by atoms with Crippen LogP contribution in [0.3, 0.4) is 0 Å². The Morgan fingerprint density at radius 1 is 1.30 bits per heavy atom. The summed E-state index contributed by atoms with van der Waals surface area (Å²) >= 11 is 0. The maximum Gasteiger partial charge on any atom is 0.223 e. The minimum atomic E-state index is 0.183. The van der Waals surface area contributed by atoms with Crippen molar-refractivity contribution in [3.63, 3.8) is 0 Å². The average Bonchev–Trinajstić information content (AvgIpc) is 2.74. The van der Waals surface area contributed by atoms with Crippen molar-refractivity contribution in [3.05, 3.63) is 24.3 Å². The zero-order chi connectivity index (χ0) is 14.8. The standard InChI is InChI=1S/C16H24N2O2/c1-16(2,3)12-10-15(19)18(11-12)8-9-20-14-6-4-13(17)5-7-14/h4-7,12H,8-11,17H2,1-3H3. The van der Waals surface area contributed by atoms with Crippen LogP contribution in [-0.4, -0.2) is 30.5 Å². The Morgan fingerprint density at radius 2 is 1.95 bits per heavy atom. The van der Waals surface area contributed by atoms with Gasteiger partial charge in [0.25, 0.3) is 0 Å². The number of anilines is 1. The summed E-state index contributed by atoms with van der Waals surface area (Å²) < 4.78 is 5.64. The van der Waals surface area contributed by atoms with Gasteiger partial charge < -0.3 is 15.4 Å². The number of carbonyl (C=O) groups excluding carboxylic acids is 1. The summed E-state index contributed by atoms with van der Waals surface area (Å²) in [5, 5.41) is 0. The molecule has 4 heteroatoms. The molecule has 1 aliphatic rings. The zero-order valence-corrected chi connectivity index (χ0v) is 12.6. The van der Waals surface area contributed by atoms with Crippen LogP contribution in [0.4, 0.5) is 5.69 Å². The lowest BCUT2D eigenvalue weighted by Crippen LogP contribution is -2.31. The van der Waals surface area contributed by atoms with Crippen molar-refractivity contribution >= 4 is 11.6 Å². The number of carbonyl (C=O) groups is 1. The predicted molar refractivity (Wildman–Crippen MR) is 80.5 cm³/mol. The molecule has 2 N–H and O–H groups in total. The van der Waals surface area contributed by atoms with Gasteiger partial charge in [-0.25, -0.2) is 0 Å². The van der Waals surface area contributed by atoms with Crippen LogP contribution in [-0.2, 0) is 4.79 Å². The van der Waals surface area contributed by atoms with Gasteiger partial charge in [-0.2, -0.15) is 0 Å². The van der Waals surface area contributed by atoms with Crippen LogP contribution in [0, 0.1) is 11.3 Å². The van der Waals surface area contributed by atoms with E-state index in [1.54, 1.807) is 0 Å². The molecule has 110 valence electrons. The van der Waals surface area contributed by atoms with Gasteiger partial charge in [-0.1, -0.05) is 20.8 Å². The molecule has 1 saturated heterocycles. The van der Waals surface area contributed by atoms with E-state index in [0.717, 1.165) is 18.0 Å². The molecule has 0 aromatic heterocycles. The fourth-order valence-corrected chi connectivity index (χ4v) is 2.41. The molecule has 1 fully saturated rings. The Bertz CT molecular complexity index is 462. The van der Waals surface area contributed by atoms with Crippen molar-refractivity contribution in [2.24, 2.45) is 11.3 Å². The molecule has 0 aliphatic carbocycles. The lowest BCUT2D eigenvalue weighted by molar-refractivity contribution is -0.128. The molecule has 0 saturated carbocycles. The maximum absolute atomic E-state index is 12.0. The van der Waals surface area contributed by atoms with E-state index in [-0.39, 0.29) is 11.3 Å². The summed E-state index contributed by atoms with van der Waals surface area (Å²) in [6.07, 6.45) is 0.658. The Kier molecular flexibility index (Phi) is 4.21. The number of hydrogen-bond donors (Lipinski definition) is 1. The fraction of sp³-hybridized carbons (Fsp3) is 0.562. The second kappa shape index (κ2) is 5.73. The minimum Gasteiger partial charge on any atom is -0.492 e. The van der Waals surface area contributed by atoms with E-state index in [2.05, 4.69) is 20.8 Å². The smallest absolute Gasteiger partial charge is 0.223 e. The van der Waals surface area contributed by atoms with E-state index in [1.165, 1.54) is 0 Å². The number of nitrogen functional groups attached to an aromatic ring is 1. The Labute approximate surface area is 120 Å². The molecule has 1 atom stereocenters. The average molecular weight is 276 g/mol. The number of rotatable bonds is 4.